The van der Waals surface area contributed by atoms with E-state index < -0.39 is 5.97 Å². The number of rotatable bonds is 4. The summed E-state index contributed by atoms with van der Waals surface area (Å²) in [5.74, 6) is -1.38. The second-order valence-electron chi connectivity index (χ2n) is 5.98. The SMILES string of the molecule is Cc1c(Cl)cccc1C(=O)N1C[C@H](CC(=O)O)[C@H](c2cn[nH]n2)C1. The molecule has 7 nitrogen and oxygen atoms in total. The van der Waals surface area contributed by atoms with E-state index in [9.17, 15) is 9.59 Å². The number of benzene rings is 1. The molecular weight excluding hydrogens is 332 g/mol. The Morgan fingerprint density at radius 2 is 2.21 bits per heavy atom. The van der Waals surface area contributed by atoms with Crippen molar-refractivity contribution in [3.8, 4) is 0 Å². The van der Waals surface area contributed by atoms with E-state index in [4.69, 9.17) is 16.7 Å². The lowest BCUT2D eigenvalue weighted by Gasteiger charge is -2.18. The number of H-pyrrole nitrogens is 1. The van der Waals surface area contributed by atoms with Crippen LogP contribution in [0.2, 0.25) is 5.02 Å². The second kappa shape index (κ2) is 6.60. The average molecular weight is 349 g/mol. The highest BCUT2D eigenvalue weighted by molar-refractivity contribution is 6.31. The first-order valence-corrected chi connectivity index (χ1v) is 7.97. The summed E-state index contributed by atoms with van der Waals surface area (Å²) >= 11 is 6.10. The van der Waals surface area contributed by atoms with Gasteiger partial charge in [0, 0.05) is 29.6 Å². The van der Waals surface area contributed by atoms with Gasteiger partial charge in [-0.1, -0.05) is 17.7 Å². The summed E-state index contributed by atoms with van der Waals surface area (Å²) in [4.78, 5) is 25.7. The van der Waals surface area contributed by atoms with Crippen molar-refractivity contribution in [2.75, 3.05) is 13.1 Å². The van der Waals surface area contributed by atoms with Gasteiger partial charge in [0.1, 0.15) is 0 Å². The monoisotopic (exact) mass is 348 g/mol. The normalized spacial score (nSPS) is 20.3. The molecule has 2 atom stereocenters. The molecular formula is C16H17ClN4O3. The Balaban J connectivity index is 1.85. The second-order valence-corrected chi connectivity index (χ2v) is 6.39. The lowest BCUT2D eigenvalue weighted by atomic mass is 9.91. The fourth-order valence-corrected chi connectivity index (χ4v) is 3.38. The first kappa shape index (κ1) is 16.4. The number of likely N-dealkylation sites (tertiary alicyclic amines) is 1. The first-order valence-electron chi connectivity index (χ1n) is 7.59. The molecule has 1 amide bonds. The molecule has 126 valence electrons. The summed E-state index contributed by atoms with van der Waals surface area (Å²) in [7, 11) is 0. The number of hydrogen-bond acceptors (Lipinski definition) is 4. The molecule has 0 aliphatic carbocycles. The number of carboxylic acid groups (broad SMARTS) is 1. The van der Waals surface area contributed by atoms with Crippen molar-refractivity contribution < 1.29 is 14.7 Å². The van der Waals surface area contributed by atoms with Gasteiger partial charge in [-0.2, -0.15) is 15.4 Å². The molecule has 1 aromatic carbocycles. The number of carboxylic acids is 1. The van der Waals surface area contributed by atoms with E-state index >= 15 is 0 Å². The third-order valence-electron chi connectivity index (χ3n) is 4.48. The quantitative estimate of drug-likeness (QED) is 0.881. The van der Waals surface area contributed by atoms with E-state index in [-0.39, 0.29) is 24.2 Å². The van der Waals surface area contributed by atoms with Crippen LogP contribution in [0.3, 0.4) is 0 Å². The molecule has 1 aliphatic rings. The molecule has 1 fully saturated rings. The fraction of sp³-hybridized carbons (Fsp3) is 0.375. The number of aromatic nitrogens is 3. The van der Waals surface area contributed by atoms with E-state index in [0.717, 1.165) is 5.56 Å². The van der Waals surface area contributed by atoms with Gasteiger partial charge >= 0.3 is 5.97 Å². The topological polar surface area (TPSA) is 99.2 Å². The molecule has 8 heteroatoms. The van der Waals surface area contributed by atoms with Crippen LogP contribution in [0.4, 0.5) is 0 Å². The number of nitrogens with one attached hydrogen (secondary N) is 1. The number of aliphatic carboxylic acids is 1. The minimum absolute atomic E-state index is 0.0180. The Hall–Kier alpha value is -2.41. The number of carbonyl (C=O) groups excluding carboxylic acids is 1. The van der Waals surface area contributed by atoms with E-state index in [1.54, 1.807) is 36.2 Å². The average Bonchev–Trinajstić information content (AvgIpc) is 3.18. The van der Waals surface area contributed by atoms with Crippen molar-refractivity contribution in [1.82, 2.24) is 20.3 Å². The van der Waals surface area contributed by atoms with E-state index in [1.165, 1.54) is 0 Å². The Labute approximate surface area is 143 Å². The maximum atomic E-state index is 12.8. The maximum absolute atomic E-state index is 12.8. The van der Waals surface area contributed by atoms with Crippen molar-refractivity contribution in [2.45, 2.75) is 19.3 Å². The zero-order valence-corrected chi connectivity index (χ0v) is 13.8. The minimum Gasteiger partial charge on any atom is -0.481 e. The summed E-state index contributed by atoms with van der Waals surface area (Å²) in [6, 6.07) is 5.21. The Morgan fingerprint density at radius 3 is 2.88 bits per heavy atom. The molecule has 1 saturated heterocycles. The number of nitrogens with zero attached hydrogens (tertiary/aromatic N) is 3. The summed E-state index contributed by atoms with van der Waals surface area (Å²) < 4.78 is 0. The maximum Gasteiger partial charge on any atom is 0.303 e. The molecule has 1 aliphatic heterocycles. The number of halogens is 1. The van der Waals surface area contributed by atoms with Crippen molar-refractivity contribution >= 4 is 23.5 Å². The number of carbonyl (C=O) groups is 2. The predicted octanol–water partition coefficient (Wildman–Crippen LogP) is 2.10. The molecule has 3 rings (SSSR count). The van der Waals surface area contributed by atoms with Gasteiger partial charge in [-0.15, -0.1) is 0 Å². The van der Waals surface area contributed by atoms with Crippen LogP contribution >= 0.6 is 11.6 Å². The molecule has 24 heavy (non-hydrogen) atoms. The number of amides is 1. The molecule has 0 bridgehead atoms. The first-order chi connectivity index (χ1) is 11.5. The van der Waals surface area contributed by atoms with Gasteiger partial charge in [-0.25, -0.2) is 0 Å². The van der Waals surface area contributed by atoms with Gasteiger partial charge in [0.2, 0.25) is 0 Å². The third kappa shape index (κ3) is 3.12. The smallest absolute Gasteiger partial charge is 0.303 e. The van der Waals surface area contributed by atoms with E-state index in [1.807, 2.05) is 0 Å². The van der Waals surface area contributed by atoms with E-state index in [2.05, 4.69) is 15.4 Å². The molecule has 1 aromatic heterocycles. The van der Waals surface area contributed by atoms with Crippen LogP contribution < -0.4 is 0 Å². The van der Waals surface area contributed by atoms with Crippen LogP contribution in [0.5, 0.6) is 0 Å². The third-order valence-corrected chi connectivity index (χ3v) is 4.89. The zero-order valence-electron chi connectivity index (χ0n) is 13.1. The van der Waals surface area contributed by atoms with Gasteiger partial charge in [-0.3, -0.25) is 9.59 Å². The highest BCUT2D eigenvalue weighted by atomic mass is 35.5. The summed E-state index contributed by atoms with van der Waals surface area (Å²) in [6.07, 6.45) is 1.56. The molecule has 2 heterocycles. The van der Waals surface area contributed by atoms with Gasteiger partial charge in [0.15, 0.2) is 0 Å². The lowest BCUT2D eigenvalue weighted by molar-refractivity contribution is -0.138. The molecule has 2 N–H and O–H groups in total. The largest absolute Gasteiger partial charge is 0.481 e. The van der Waals surface area contributed by atoms with Crippen LogP contribution in [-0.2, 0) is 4.79 Å². The minimum atomic E-state index is -0.887. The van der Waals surface area contributed by atoms with E-state index in [0.29, 0.717) is 29.4 Å². The van der Waals surface area contributed by atoms with Crippen molar-refractivity contribution in [3.05, 3.63) is 46.2 Å². The Morgan fingerprint density at radius 1 is 1.42 bits per heavy atom. The van der Waals surface area contributed by atoms with Crippen LogP contribution in [-0.4, -0.2) is 50.4 Å². The number of hydrogen-bond donors (Lipinski definition) is 2. The van der Waals surface area contributed by atoms with Crippen molar-refractivity contribution in [2.24, 2.45) is 5.92 Å². The molecule has 0 spiro atoms. The van der Waals surface area contributed by atoms with Gasteiger partial charge in [0.05, 0.1) is 18.3 Å². The zero-order chi connectivity index (χ0) is 17.3. The predicted molar refractivity (Wildman–Crippen MR) is 87.0 cm³/mol. The molecule has 0 unspecified atom stereocenters. The highest BCUT2D eigenvalue weighted by Gasteiger charge is 2.39. The highest BCUT2D eigenvalue weighted by Crippen LogP contribution is 2.34. The van der Waals surface area contributed by atoms with Crippen LogP contribution in [0.25, 0.3) is 0 Å². The number of aromatic amines is 1. The molecule has 2 aromatic rings. The summed E-state index contributed by atoms with van der Waals surface area (Å²) in [5.41, 5.74) is 1.94. The summed E-state index contributed by atoms with van der Waals surface area (Å²) in [5, 5.41) is 20.1. The lowest BCUT2D eigenvalue weighted by Crippen LogP contribution is -2.29. The Bertz CT molecular complexity index is 763. The van der Waals surface area contributed by atoms with Crippen LogP contribution in [0, 0.1) is 12.8 Å². The molecule has 0 saturated carbocycles. The van der Waals surface area contributed by atoms with Crippen molar-refractivity contribution in [1.29, 1.82) is 0 Å². The Kier molecular flexibility index (Phi) is 4.53. The fourth-order valence-electron chi connectivity index (χ4n) is 3.20. The summed E-state index contributed by atoms with van der Waals surface area (Å²) in [6.45, 7) is 2.58. The van der Waals surface area contributed by atoms with Gasteiger partial charge in [-0.05, 0) is 30.5 Å². The van der Waals surface area contributed by atoms with Crippen molar-refractivity contribution in [3.63, 3.8) is 0 Å². The van der Waals surface area contributed by atoms with Crippen LogP contribution in [0.15, 0.2) is 24.4 Å². The van der Waals surface area contributed by atoms with Gasteiger partial charge in [0.25, 0.3) is 5.91 Å². The van der Waals surface area contributed by atoms with Gasteiger partial charge < -0.3 is 10.0 Å². The standard InChI is InChI=1S/C16H17ClN4O3/c1-9-11(3-2-4-13(9)17)16(24)21-7-10(5-15(22)23)12(8-21)14-6-18-20-19-14/h2-4,6,10,12H,5,7-8H2,1H3,(H,22,23)(H,18,19,20)/t10-,12+/m0/s1. The van der Waals surface area contributed by atoms with Crippen LogP contribution in [0.1, 0.15) is 34.0 Å². The molecule has 0 radical (unpaired) electrons.